The Kier molecular flexibility index (Phi) is 4.62. The van der Waals surface area contributed by atoms with Crippen LogP contribution in [-0.2, 0) is 6.54 Å². The normalized spacial score (nSPS) is 10.7. The van der Waals surface area contributed by atoms with E-state index in [2.05, 4.69) is 24.3 Å². The van der Waals surface area contributed by atoms with Crippen LogP contribution < -0.4 is 10.1 Å². The van der Waals surface area contributed by atoms with E-state index in [0.717, 1.165) is 12.1 Å². The van der Waals surface area contributed by atoms with Crippen molar-refractivity contribution < 1.29 is 9.53 Å². The molecule has 0 spiro atoms. The minimum atomic E-state index is -0.198. The number of rotatable bonds is 5. The summed E-state index contributed by atoms with van der Waals surface area (Å²) < 4.78 is 7.09. The van der Waals surface area contributed by atoms with E-state index >= 15 is 0 Å². The monoisotopic (exact) mass is 287 g/mol. The van der Waals surface area contributed by atoms with Gasteiger partial charge in [0.1, 0.15) is 5.75 Å². The number of anilines is 1. The summed E-state index contributed by atoms with van der Waals surface area (Å²) in [4.78, 5) is 12.3. The molecule has 0 aliphatic rings. The molecule has 1 aromatic heterocycles. The minimum absolute atomic E-state index is 0.198. The van der Waals surface area contributed by atoms with Gasteiger partial charge in [0.05, 0.1) is 24.6 Å². The first-order valence-electron chi connectivity index (χ1n) is 6.98. The van der Waals surface area contributed by atoms with Crippen molar-refractivity contribution >= 4 is 11.6 Å². The Hall–Kier alpha value is -2.30. The van der Waals surface area contributed by atoms with Crippen molar-refractivity contribution in [3.05, 3.63) is 41.7 Å². The molecule has 5 heteroatoms. The third kappa shape index (κ3) is 3.84. The highest BCUT2D eigenvalue weighted by Crippen LogP contribution is 2.21. The molecule has 0 radical (unpaired) electrons. The lowest BCUT2D eigenvalue weighted by molar-refractivity contribution is 0.102. The lowest BCUT2D eigenvalue weighted by atomic mass is 10.1. The van der Waals surface area contributed by atoms with Gasteiger partial charge < -0.3 is 10.1 Å². The largest absolute Gasteiger partial charge is 0.496 e. The van der Waals surface area contributed by atoms with E-state index in [-0.39, 0.29) is 5.91 Å². The molecule has 2 rings (SSSR count). The molecule has 0 unspecified atom stereocenters. The molecule has 2 aromatic rings. The van der Waals surface area contributed by atoms with Crippen LogP contribution in [0.4, 0.5) is 5.69 Å². The zero-order chi connectivity index (χ0) is 15.4. The van der Waals surface area contributed by atoms with Crippen LogP contribution in [-0.4, -0.2) is 22.8 Å². The van der Waals surface area contributed by atoms with E-state index in [1.54, 1.807) is 19.4 Å². The number of amides is 1. The molecule has 0 aliphatic carbocycles. The fourth-order valence-electron chi connectivity index (χ4n) is 2.09. The number of ether oxygens (including phenoxy) is 1. The lowest BCUT2D eigenvalue weighted by Gasteiger charge is -2.09. The van der Waals surface area contributed by atoms with Crippen molar-refractivity contribution in [1.29, 1.82) is 0 Å². The number of benzene rings is 1. The van der Waals surface area contributed by atoms with Gasteiger partial charge in [-0.1, -0.05) is 19.9 Å². The molecule has 0 aliphatic heterocycles. The third-order valence-corrected chi connectivity index (χ3v) is 3.04. The maximum Gasteiger partial charge on any atom is 0.259 e. The highest BCUT2D eigenvalue weighted by molar-refractivity contribution is 6.06. The fraction of sp³-hybridized carbons (Fsp3) is 0.375. The number of carbonyl (C=O) groups is 1. The van der Waals surface area contributed by atoms with E-state index in [4.69, 9.17) is 4.74 Å². The predicted octanol–water partition coefficient (Wildman–Crippen LogP) is 3.11. The first kappa shape index (κ1) is 15.1. The molecule has 1 N–H and O–H groups in total. The Balaban J connectivity index is 2.12. The van der Waals surface area contributed by atoms with Crippen LogP contribution >= 0.6 is 0 Å². The van der Waals surface area contributed by atoms with Gasteiger partial charge in [0.2, 0.25) is 0 Å². The minimum Gasteiger partial charge on any atom is -0.496 e. The van der Waals surface area contributed by atoms with E-state index in [9.17, 15) is 4.79 Å². The van der Waals surface area contributed by atoms with Gasteiger partial charge in [0.25, 0.3) is 5.91 Å². The number of hydrogen-bond donors (Lipinski definition) is 1. The molecule has 21 heavy (non-hydrogen) atoms. The van der Waals surface area contributed by atoms with E-state index in [0.29, 0.717) is 22.9 Å². The van der Waals surface area contributed by atoms with Crippen LogP contribution in [0.1, 0.15) is 29.8 Å². The summed E-state index contributed by atoms with van der Waals surface area (Å²) in [7, 11) is 1.56. The molecule has 1 amide bonds. The van der Waals surface area contributed by atoms with E-state index in [1.807, 2.05) is 29.9 Å². The quantitative estimate of drug-likeness (QED) is 0.919. The highest BCUT2D eigenvalue weighted by Gasteiger charge is 2.13. The topological polar surface area (TPSA) is 56.1 Å². The zero-order valence-electron chi connectivity index (χ0n) is 12.9. The van der Waals surface area contributed by atoms with Gasteiger partial charge in [-0.25, -0.2) is 0 Å². The Morgan fingerprint density at radius 3 is 2.86 bits per heavy atom. The van der Waals surface area contributed by atoms with Crippen LogP contribution in [0, 0.1) is 12.8 Å². The van der Waals surface area contributed by atoms with Crippen molar-refractivity contribution in [2.45, 2.75) is 27.3 Å². The summed E-state index contributed by atoms with van der Waals surface area (Å²) >= 11 is 0. The molecular formula is C16H21N3O2. The summed E-state index contributed by atoms with van der Waals surface area (Å²) in [6.07, 6.45) is 3.49. The number of nitrogens with zero attached hydrogens (tertiary/aromatic N) is 2. The van der Waals surface area contributed by atoms with Gasteiger partial charge >= 0.3 is 0 Å². The molecule has 0 saturated heterocycles. The van der Waals surface area contributed by atoms with Crippen molar-refractivity contribution in [2.24, 2.45) is 5.92 Å². The van der Waals surface area contributed by atoms with Crippen LogP contribution in [0.2, 0.25) is 0 Å². The van der Waals surface area contributed by atoms with Crippen molar-refractivity contribution in [3.63, 3.8) is 0 Å². The summed E-state index contributed by atoms with van der Waals surface area (Å²) in [5, 5.41) is 7.07. The van der Waals surface area contributed by atoms with Crippen LogP contribution in [0.25, 0.3) is 0 Å². The maximum atomic E-state index is 12.3. The molecule has 0 saturated carbocycles. The third-order valence-electron chi connectivity index (χ3n) is 3.04. The molecule has 0 atom stereocenters. The van der Waals surface area contributed by atoms with Gasteiger partial charge in [-0.2, -0.15) is 5.10 Å². The fourth-order valence-corrected chi connectivity index (χ4v) is 2.09. The molecule has 112 valence electrons. The van der Waals surface area contributed by atoms with Gasteiger partial charge in [-0.15, -0.1) is 0 Å². The second-order valence-electron chi connectivity index (χ2n) is 5.50. The Morgan fingerprint density at radius 2 is 2.19 bits per heavy atom. The molecule has 0 fully saturated rings. The maximum absolute atomic E-state index is 12.3. The molecule has 0 bridgehead atoms. The SMILES string of the molecule is COc1cc(C)ccc1C(=O)Nc1cnn(CC(C)C)c1. The molecular weight excluding hydrogens is 266 g/mol. The van der Waals surface area contributed by atoms with Crippen LogP contribution in [0.3, 0.4) is 0 Å². The smallest absolute Gasteiger partial charge is 0.259 e. The number of nitrogens with one attached hydrogen (secondary N) is 1. The number of carbonyl (C=O) groups excluding carboxylic acids is 1. The van der Waals surface area contributed by atoms with Gasteiger partial charge in [0, 0.05) is 12.7 Å². The first-order valence-corrected chi connectivity index (χ1v) is 6.98. The van der Waals surface area contributed by atoms with Crippen LogP contribution in [0.15, 0.2) is 30.6 Å². The van der Waals surface area contributed by atoms with Gasteiger partial charge in [-0.3, -0.25) is 9.48 Å². The molecule has 1 aromatic carbocycles. The van der Waals surface area contributed by atoms with E-state index < -0.39 is 0 Å². The highest BCUT2D eigenvalue weighted by atomic mass is 16.5. The number of aromatic nitrogens is 2. The number of hydrogen-bond acceptors (Lipinski definition) is 3. The Morgan fingerprint density at radius 1 is 1.43 bits per heavy atom. The standard InChI is InChI=1S/C16H21N3O2/c1-11(2)9-19-10-13(8-17-19)18-16(20)14-6-5-12(3)7-15(14)21-4/h5-8,10-11H,9H2,1-4H3,(H,18,20). The first-order chi connectivity index (χ1) is 9.99. The predicted molar refractivity (Wildman–Crippen MR) is 82.7 cm³/mol. The summed E-state index contributed by atoms with van der Waals surface area (Å²) in [5.74, 6) is 0.878. The average molecular weight is 287 g/mol. The summed E-state index contributed by atoms with van der Waals surface area (Å²) in [6.45, 7) is 7.03. The lowest BCUT2D eigenvalue weighted by Crippen LogP contribution is -2.13. The van der Waals surface area contributed by atoms with Crippen molar-refractivity contribution in [2.75, 3.05) is 12.4 Å². The van der Waals surface area contributed by atoms with Gasteiger partial charge in [0.15, 0.2) is 0 Å². The van der Waals surface area contributed by atoms with Crippen molar-refractivity contribution in [1.82, 2.24) is 9.78 Å². The Labute approximate surface area is 124 Å². The number of aryl methyl sites for hydroxylation is 1. The zero-order valence-corrected chi connectivity index (χ0v) is 12.9. The van der Waals surface area contributed by atoms with E-state index in [1.165, 1.54) is 0 Å². The number of methoxy groups -OCH3 is 1. The Bertz CT molecular complexity index is 632. The van der Waals surface area contributed by atoms with Crippen molar-refractivity contribution in [3.8, 4) is 5.75 Å². The second-order valence-corrected chi connectivity index (χ2v) is 5.50. The summed E-state index contributed by atoms with van der Waals surface area (Å²) in [6, 6.07) is 5.50. The second kappa shape index (κ2) is 6.43. The molecule has 5 nitrogen and oxygen atoms in total. The van der Waals surface area contributed by atoms with Gasteiger partial charge in [-0.05, 0) is 30.5 Å². The summed E-state index contributed by atoms with van der Waals surface area (Å²) in [5.41, 5.74) is 2.25. The molecule has 1 heterocycles. The van der Waals surface area contributed by atoms with Crippen LogP contribution in [0.5, 0.6) is 5.75 Å². The average Bonchev–Trinajstić information content (AvgIpc) is 2.84.